The molecule has 0 radical (unpaired) electrons. The number of hydrazone groups is 1. The molecule has 0 amide bonds. The normalized spacial score (nSPS) is 10.7. The lowest BCUT2D eigenvalue weighted by atomic mass is 10.1. The van der Waals surface area contributed by atoms with Gasteiger partial charge < -0.3 is 10.2 Å². The van der Waals surface area contributed by atoms with Crippen LogP contribution in [0.15, 0.2) is 56.8 Å². The maximum absolute atomic E-state index is 12.2. The van der Waals surface area contributed by atoms with Crippen molar-refractivity contribution in [2.75, 3.05) is 5.43 Å². The Labute approximate surface area is 161 Å². The van der Waals surface area contributed by atoms with Crippen molar-refractivity contribution in [3.63, 3.8) is 0 Å². The summed E-state index contributed by atoms with van der Waals surface area (Å²) < 4.78 is 0.263. The summed E-state index contributed by atoms with van der Waals surface area (Å²) in [5, 5.41) is 32.7. The Bertz CT molecular complexity index is 1120. The van der Waals surface area contributed by atoms with Crippen molar-refractivity contribution in [1.82, 2.24) is 9.97 Å². The van der Waals surface area contributed by atoms with Crippen LogP contribution >= 0.6 is 15.9 Å². The zero-order valence-electron chi connectivity index (χ0n) is 13.6. The van der Waals surface area contributed by atoms with Gasteiger partial charge in [0, 0.05) is 5.56 Å². The second-order valence-electron chi connectivity index (χ2n) is 5.32. The van der Waals surface area contributed by atoms with E-state index in [1.54, 1.807) is 24.3 Å². The van der Waals surface area contributed by atoms with Crippen molar-refractivity contribution < 1.29 is 10.2 Å². The number of nitriles is 1. The van der Waals surface area contributed by atoms with Gasteiger partial charge in [0.2, 0.25) is 5.95 Å². The molecular formula is C18H12BrN5O3. The number of rotatable bonds is 4. The number of nitrogens with zero attached hydrogens (tertiary/aromatic N) is 3. The summed E-state index contributed by atoms with van der Waals surface area (Å²) in [6.07, 6.45) is 1.25. The smallest absolute Gasteiger partial charge is 0.270 e. The molecule has 0 spiro atoms. The topological polar surface area (TPSA) is 134 Å². The Morgan fingerprint density at radius 3 is 2.59 bits per heavy atom. The number of phenolic OH excluding ortho intramolecular Hbond substituents is 2. The van der Waals surface area contributed by atoms with E-state index in [0.29, 0.717) is 5.56 Å². The van der Waals surface area contributed by atoms with E-state index in [1.165, 1.54) is 18.3 Å². The zero-order valence-corrected chi connectivity index (χ0v) is 15.2. The van der Waals surface area contributed by atoms with Crippen LogP contribution < -0.4 is 11.0 Å². The molecule has 3 rings (SSSR count). The van der Waals surface area contributed by atoms with Crippen molar-refractivity contribution in [1.29, 1.82) is 5.26 Å². The largest absolute Gasteiger partial charge is 0.507 e. The molecule has 0 fully saturated rings. The standard InChI is InChI=1S/C18H12BrN5O3/c19-15-12(13(25)6-7-14(15)26)9-21-24-18-22-16(10-4-2-1-3-5-10)11(8-20)17(27)23-18/h1-7,9,25-26H,(H2,22,23,24,27). The second kappa shape index (κ2) is 7.72. The van der Waals surface area contributed by atoms with Gasteiger partial charge in [-0.2, -0.15) is 10.4 Å². The van der Waals surface area contributed by atoms with Crippen molar-refractivity contribution in [2.45, 2.75) is 0 Å². The predicted octanol–water partition coefficient (Wildman–Crippen LogP) is 2.93. The van der Waals surface area contributed by atoms with Gasteiger partial charge in [0.1, 0.15) is 23.1 Å². The number of hydrogen-bond acceptors (Lipinski definition) is 7. The minimum absolute atomic E-state index is 0.0184. The second-order valence-corrected chi connectivity index (χ2v) is 6.11. The number of hydrogen-bond donors (Lipinski definition) is 4. The van der Waals surface area contributed by atoms with E-state index >= 15 is 0 Å². The Morgan fingerprint density at radius 2 is 1.89 bits per heavy atom. The van der Waals surface area contributed by atoms with Crippen molar-refractivity contribution in [3.05, 3.63) is 68.4 Å². The minimum Gasteiger partial charge on any atom is -0.507 e. The monoisotopic (exact) mass is 425 g/mol. The molecule has 3 aromatic rings. The number of aromatic hydroxyl groups is 2. The molecule has 0 saturated heterocycles. The van der Waals surface area contributed by atoms with E-state index in [9.17, 15) is 20.3 Å². The number of benzene rings is 2. The maximum atomic E-state index is 12.2. The van der Waals surface area contributed by atoms with E-state index in [1.807, 2.05) is 12.1 Å². The van der Waals surface area contributed by atoms with Gasteiger partial charge in [-0.1, -0.05) is 30.3 Å². The summed E-state index contributed by atoms with van der Waals surface area (Å²) in [6, 6.07) is 13.3. The lowest BCUT2D eigenvalue weighted by molar-refractivity contribution is 0.456. The number of phenols is 2. The van der Waals surface area contributed by atoms with Gasteiger partial charge in [0.25, 0.3) is 5.56 Å². The van der Waals surface area contributed by atoms with E-state index in [2.05, 4.69) is 36.4 Å². The summed E-state index contributed by atoms with van der Waals surface area (Å²) in [7, 11) is 0. The predicted molar refractivity (Wildman–Crippen MR) is 104 cm³/mol. The van der Waals surface area contributed by atoms with Crippen LogP contribution in [0.3, 0.4) is 0 Å². The van der Waals surface area contributed by atoms with Crippen LogP contribution in [-0.2, 0) is 0 Å². The molecule has 9 heteroatoms. The summed E-state index contributed by atoms with van der Waals surface area (Å²) >= 11 is 3.15. The fourth-order valence-electron chi connectivity index (χ4n) is 2.29. The van der Waals surface area contributed by atoms with E-state index in [-0.39, 0.29) is 38.7 Å². The highest BCUT2D eigenvalue weighted by atomic mass is 79.9. The average Bonchev–Trinajstić information content (AvgIpc) is 2.68. The molecule has 0 atom stereocenters. The highest BCUT2D eigenvalue weighted by Gasteiger charge is 2.13. The summed E-state index contributed by atoms with van der Waals surface area (Å²) in [4.78, 5) is 18.8. The molecule has 0 bridgehead atoms. The quantitative estimate of drug-likeness (QED) is 0.288. The molecular weight excluding hydrogens is 414 g/mol. The number of anilines is 1. The van der Waals surface area contributed by atoms with Gasteiger partial charge in [0.15, 0.2) is 0 Å². The van der Waals surface area contributed by atoms with Gasteiger partial charge in [-0.25, -0.2) is 10.4 Å². The summed E-state index contributed by atoms with van der Waals surface area (Å²) in [5.74, 6) is -0.146. The molecule has 0 saturated carbocycles. The first kappa shape index (κ1) is 18.2. The SMILES string of the molecule is N#Cc1c(-c2ccccc2)nc(NN=Cc2c(O)ccc(O)c2Br)[nH]c1=O. The molecule has 0 aliphatic heterocycles. The molecule has 0 aliphatic rings. The zero-order chi connectivity index (χ0) is 19.4. The molecule has 134 valence electrons. The lowest BCUT2D eigenvalue weighted by Gasteiger charge is -2.06. The average molecular weight is 426 g/mol. The van der Waals surface area contributed by atoms with Crippen LogP contribution in [0.2, 0.25) is 0 Å². The van der Waals surface area contributed by atoms with E-state index in [4.69, 9.17) is 0 Å². The molecule has 0 aliphatic carbocycles. The fourth-order valence-corrected chi connectivity index (χ4v) is 2.72. The maximum Gasteiger partial charge on any atom is 0.270 e. The molecule has 27 heavy (non-hydrogen) atoms. The van der Waals surface area contributed by atoms with Crippen molar-refractivity contribution in [2.24, 2.45) is 5.10 Å². The van der Waals surface area contributed by atoms with E-state index in [0.717, 1.165) is 0 Å². The Balaban J connectivity index is 1.95. The highest BCUT2D eigenvalue weighted by Crippen LogP contribution is 2.32. The first-order chi connectivity index (χ1) is 13.0. The lowest BCUT2D eigenvalue weighted by Crippen LogP contribution is -2.16. The number of halogens is 1. The van der Waals surface area contributed by atoms with Crippen molar-refractivity contribution in [3.8, 4) is 28.8 Å². The van der Waals surface area contributed by atoms with Crippen LogP contribution in [0.4, 0.5) is 5.95 Å². The highest BCUT2D eigenvalue weighted by molar-refractivity contribution is 9.10. The number of nitrogens with one attached hydrogen (secondary N) is 2. The van der Waals surface area contributed by atoms with Gasteiger partial charge >= 0.3 is 0 Å². The molecule has 1 heterocycles. The fraction of sp³-hybridized carbons (Fsp3) is 0. The minimum atomic E-state index is -0.606. The third kappa shape index (κ3) is 3.80. The molecule has 1 aromatic heterocycles. The Kier molecular flexibility index (Phi) is 5.19. The Hall–Kier alpha value is -3.64. The van der Waals surface area contributed by atoms with Crippen LogP contribution in [0.5, 0.6) is 11.5 Å². The van der Waals surface area contributed by atoms with Crippen LogP contribution in [0, 0.1) is 11.3 Å². The molecule has 4 N–H and O–H groups in total. The van der Waals surface area contributed by atoms with Crippen LogP contribution in [0.1, 0.15) is 11.1 Å². The third-order valence-corrected chi connectivity index (χ3v) is 4.41. The molecule has 2 aromatic carbocycles. The number of aromatic nitrogens is 2. The van der Waals surface area contributed by atoms with Gasteiger partial charge in [-0.05, 0) is 28.1 Å². The van der Waals surface area contributed by atoms with Crippen LogP contribution in [-0.4, -0.2) is 26.4 Å². The first-order valence-electron chi connectivity index (χ1n) is 7.60. The first-order valence-corrected chi connectivity index (χ1v) is 8.40. The van der Waals surface area contributed by atoms with Gasteiger partial charge in [-0.3, -0.25) is 9.78 Å². The van der Waals surface area contributed by atoms with Gasteiger partial charge in [-0.15, -0.1) is 0 Å². The number of H-pyrrole nitrogens is 1. The van der Waals surface area contributed by atoms with Crippen LogP contribution in [0.25, 0.3) is 11.3 Å². The van der Waals surface area contributed by atoms with Gasteiger partial charge in [0.05, 0.1) is 21.9 Å². The Morgan fingerprint density at radius 1 is 1.19 bits per heavy atom. The number of aromatic amines is 1. The third-order valence-electron chi connectivity index (χ3n) is 3.58. The molecule has 8 nitrogen and oxygen atoms in total. The molecule has 0 unspecified atom stereocenters. The summed E-state index contributed by atoms with van der Waals surface area (Å²) in [6.45, 7) is 0. The summed E-state index contributed by atoms with van der Waals surface area (Å²) in [5.41, 5.74) is 2.91. The van der Waals surface area contributed by atoms with E-state index < -0.39 is 5.56 Å². The van der Waals surface area contributed by atoms with Crippen molar-refractivity contribution >= 4 is 28.1 Å².